The zero-order valence-electron chi connectivity index (χ0n) is 16.2. The summed E-state index contributed by atoms with van der Waals surface area (Å²) in [5.41, 5.74) is 0.798. The number of rotatable bonds is 6. The SMILES string of the molecule is Cc1c(N2CCC(NCCC#N)C2)c(F)cc2c(=O)c(C(=O)O)cn(C3CC3)c12. The van der Waals surface area contributed by atoms with Gasteiger partial charge in [0.15, 0.2) is 0 Å². The molecule has 29 heavy (non-hydrogen) atoms. The van der Waals surface area contributed by atoms with Gasteiger partial charge in [-0.1, -0.05) is 0 Å². The first-order valence-electron chi connectivity index (χ1n) is 9.89. The molecule has 7 nitrogen and oxygen atoms in total. The zero-order chi connectivity index (χ0) is 20.7. The highest BCUT2D eigenvalue weighted by Gasteiger charge is 2.31. The number of carbonyl (C=O) groups is 1. The number of carboxylic acids is 1. The molecular weight excluding hydrogens is 375 g/mol. The van der Waals surface area contributed by atoms with E-state index < -0.39 is 17.2 Å². The molecule has 2 N–H and O–H groups in total. The summed E-state index contributed by atoms with van der Waals surface area (Å²) in [7, 11) is 0. The minimum absolute atomic E-state index is 0.124. The highest BCUT2D eigenvalue weighted by Crippen LogP contribution is 2.40. The van der Waals surface area contributed by atoms with Gasteiger partial charge in [0.05, 0.1) is 17.3 Å². The first kappa shape index (κ1) is 19.4. The van der Waals surface area contributed by atoms with Crippen molar-refractivity contribution >= 4 is 22.6 Å². The molecule has 152 valence electrons. The van der Waals surface area contributed by atoms with Gasteiger partial charge >= 0.3 is 5.97 Å². The Morgan fingerprint density at radius 3 is 2.83 bits per heavy atom. The number of aromatic carboxylic acids is 1. The van der Waals surface area contributed by atoms with Gasteiger partial charge in [-0.3, -0.25) is 4.79 Å². The van der Waals surface area contributed by atoms with E-state index in [9.17, 15) is 14.7 Å². The second kappa shape index (κ2) is 7.48. The third-order valence-electron chi connectivity index (χ3n) is 5.82. The molecule has 1 unspecified atom stereocenters. The molecule has 8 heteroatoms. The Labute approximate surface area is 167 Å². The van der Waals surface area contributed by atoms with E-state index in [0.717, 1.165) is 19.3 Å². The maximum Gasteiger partial charge on any atom is 0.341 e. The highest BCUT2D eigenvalue weighted by molar-refractivity contribution is 5.95. The third kappa shape index (κ3) is 3.47. The van der Waals surface area contributed by atoms with Crippen LogP contribution in [0.5, 0.6) is 0 Å². The topological polar surface area (TPSA) is 98.4 Å². The summed E-state index contributed by atoms with van der Waals surface area (Å²) in [5, 5.41) is 21.5. The van der Waals surface area contributed by atoms with Crippen LogP contribution in [0.1, 0.15) is 47.6 Å². The molecule has 0 bridgehead atoms. The number of nitrogens with zero attached hydrogens (tertiary/aromatic N) is 3. The summed E-state index contributed by atoms with van der Waals surface area (Å²) >= 11 is 0. The fourth-order valence-electron chi connectivity index (χ4n) is 4.31. The fraction of sp³-hybridized carbons (Fsp3) is 0.476. The molecule has 1 saturated carbocycles. The van der Waals surface area contributed by atoms with Crippen LogP contribution in [-0.4, -0.2) is 41.3 Å². The number of carboxylic acid groups (broad SMARTS) is 1. The normalized spacial score (nSPS) is 18.9. The number of anilines is 1. The molecule has 2 aliphatic rings. The predicted molar refractivity (Wildman–Crippen MR) is 107 cm³/mol. The number of pyridine rings is 1. The maximum atomic E-state index is 15.1. The van der Waals surface area contributed by atoms with E-state index in [4.69, 9.17) is 5.26 Å². The van der Waals surface area contributed by atoms with E-state index in [1.54, 1.807) is 6.92 Å². The van der Waals surface area contributed by atoms with E-state index in [1.807, 2.05) is 9.47 Å². The van der Waals surface area contributed by atoms with Crippen LogP contribution >= 0.6 is 0 Å². The summed E-state index contributed by atoms with van der Waals surface area (Å²) < 4.78 is 17.0. The Hall–Kier alpha value is -2.92. The molecule has 1 aromatic heterocycles. The lowest BCUT2D eigenvalue weighted by atomic mass is 10.0. The van der Waals surface area contributed by atoms with Crippen molar-refractivity contribution in [1.29, 1.82) is 5.26 Å². The first-order chi connectivity index (χ1) is 13.9. The van der Waals surface area contributed by atoms with Crippen molar-refractivity contribution < 1.29 is 14.3 Å². The number of hydrogen-bond acceptors (Lipinski definition) is 5. The molecule has 0 spiro atoms. The van der Waals surface area contributed by atoms with Crippen molar-refractivity contribution in [2.45, 2.75) is 44.7 Å². The molecular formula is C21H23FN4O3. The molecule has 2 aromatic rings. The van der Waals surface area contributed by atoms with Crippen LogP contribution in [0.3, 0.4) is 0 Å². The van der Waals surface area contributed by atoms with Crippen LogP contribution in [-0.2, 0) is 0 Å². The minimum Gasteiger partial charge on any atom is -0.477 e. The molecule has 1 saturated heterocycles. The van der Waals surface area contributed by atoms with Crippen molar-refractivity contribution in [2.75, 3.05) is 24.5 Å². The van der Waals surface area contributed by atoms with Crippen LogP contribution in [0.2, 0.25) is 0 Å². The number of aryl methyl sites for hydroxylation is 1. The maximum absolute atomic E-state index is 15.1. The average Bonchev–Trinajstić information content (AvgIpc) is 3.42. The van der Waals surface area contributed by atoms with E-state index in [0.29, 0.717) is 42.8 Å². The van der Waals surface area contributed by atoms with Gasteiger partial charge in [-0.2, -0.15) is 5.26 Å². The van der Waals surface area contributed by atoms with Gasteiger partial charge in [-0.05, 0) is 37.8 Å². The standard InChI is InChI=1S/C21H23FN4O3/c1-12-18-15(20(27)16(21(28)29)11-26(18)14-3-4-14)9-17(22)19(12)25-8-5-13(10-25)24-7-2-6-23/h9,11,13-14,24H,2-5,7-8,10H2,1H3,(H,28,29). The van der Waals surface area contributed by atoms with Gasteiger partial charge in [0.2, 0.25) is 5.43 Å². The monoisotopic (exact) mass is 398 g/mol. The van der Waals surface area contributed by atoms with Crippen molar-refractivity contribution in [1.82, 2.24) is 9.88 Å². The highest BCUT2D eigenvalue weighted by atomic mass is 19.1. The van der Waals surface area contributed by atoms with Crippen LogP contribution in [0.15, 0.2) is 17.1 Å². The Morgan fingerprint density at radius 2 is 2.17 bits per heavy atom. The van der Waals surface area contributed by atoms with Crippen molar-refractivity contribution in [3.8, 4) is 6.07 Å². The number of hydrogen-bond donors (Lipinski definition) is 2. The van der Waals surface area contributed by atoms with Gasteiger partial charge in [0.1, 0.15) is 11.4 Å². The number of aromatic nitrogens is 1. The number of nitriles is 1. The molecule has 1 aliphatic carbocycles. The number of benzene rings is 1. The number of fused-ring (bicyclic) bond motifs is 1. The molecule has 1 aromatic carbocycles. The van der Waals surface area contributed by atoms with E-state index >= 15 is 4.39 Å². The summed E-state index contributed by atoms with van der Waals surface area (Å²) in [6.07, 6.45) is 4.51. The van der Waals surface area contributed by atoms with E-state index in [2.05, 4.69) is 11.4 Å². The molecule has 1 aliphatic heterocycles. The summed E-state index contributed by atoms with van der Waals surface area (Å²) in [6.45, 7) is 3.70. The van der Waals surface area contributed by atoms with Crippen molar-refractivity contribution in [3.63, 3.8) is 0 Å². The van der Waals surface area contributed by atoms with Crippen LogP contribution in [0.4, 0.5) is 10.1 Å². The molecule has 1 atom stereocenters. The van der Waals surface area contributed by atoms with Crippen LogP contribution in [0, 0.1) is 24.1 Å². The number of halogens is 1. The quantitative estimate of drug-likeness (QED) is 0.726. The Morgan fingerprint density at radius 1 is 1.41 bits per heavy atom. The van der Waals surface area contributed by atoms with Crippen molar-refractivity contribution in [3.05, 3.63) is 39.4 Å². The average molecular weight is 398 g/mol. The van der Waals surface area contributed by atoms with Crippen LogP contribution < -0.4 is 15.6 Å². The molecule has 4 rings (SSSR count). The van der Waals surface area contributed by atoms with Gasteiger partial charge < -0.3 is 19.9 Å². The first-order valence-corrected chi connectivity index (χ1v) is 9.89. The smallest absolute Gasteiger partial charge is 0.341 e. The van der Waals surface area contributed by atoms with Crippen LogP contribution in [0.25, 0.3) is 10.9 Å². The summed E-state index contributed by atoms with van der Waals surface area (Å²) in [6, 6.07) is 3.62. The Bertz CT molecular complexity index is 1080. The lowest BCUT2D eigenvalue weighted by molar-refractivity contribution is 0.0695. The van der Waals surface area contributed by atoms with Gasteiger partial charge in [-0.15, -0.1) is 0 Å². The van der Waals surface area contributed by atoms with E-state index in [-0.39, 0.29) is 23.0 Å². The molecule has 0 radical (unpaired) electrons. The predicted octanol–water partition coefficient (Wildman–Crippen LogP) is 2.56. The molecule has 2 fully saturated rings. The third-order valence-corrected chi connectivity index (χ3v) is 5.82. The summed E-state index contributed by atoms with van der Waals surface area (Å²) in [4.78, 5) is 26.2. The largest absolute Gasteiger partial charge is 0.477 e. The van der Waals surface area contributed by atoms with Gasteiger partial charge in [0, 0.05) is 49.7 Å². The zero-order valence-corrected chi connectivity index (χ0v) is 16.2. The lowest BCUT2D eigenvalue weighted by Gasteiger charge is -2.24. The Kier molecular flexibility index (Phi) is 5.01. The number of nitrogens with one attached hydrogen (secondary N) is 1. The lowest BCUT2D eigenvalue weighted by Crippen LogP contribution is -2.33. The minimum atomic E-state index is -1.29. The van der Waals surface area contributed by atoms with E-state index in [1.165, 1.54) is 12.3 Å². The Balaban J connectivity index is 1.78. The molecule has 2 heterocycles. The second-order valence-corrected chi connectivity index (χ2v) is 7.84. The van der Waals surface area contributed by atoms with Gasteiger partial charge in [-0.25, -0.2) is 9.18 Å². The van der Waals surface area contributed by atoms with Crippen molar-refractivity contribution in [2.24, 2.45) is 0 Å². The van der Waals surface area contributed by atoms with Gasteiger partial charge in [0.25, 0.3) is 0 Å². The second-order valence-electron chi connectivity index (χ2n) is 7.84. The molecule has 0 amide bonds. The summed E-state index contributed by atoms with van der Waals surface area (Å²) in [5.74, 6) is -1.80. The fourth-order valence-corrected chi connectivity index (χ4v) is 4.31.